The molecule has 2 aromatic rings. The molecule has 84 valence electrons. The molecule has 2 rings (SSSR count). The van der Waals surface area contributed by atoms with E-state index in [0.717, 1.165) is 29.3 Å². The quantitative estimate of drug-likeness (QED) is 0.839. The summed E-state index contributed by atoms with van der Waals surface area (Å²) < 4.78 is 5.08. The lowest BCUT2D eigenvalue weighted by molar-refractivity contribution is 0.392. The summed E-state index contributed by atoms with van der Waals surface area (Å²) in [5.41, 5.74) is 3.03. The van der Waals surface area contributed by atoms with Crippen LogP contribution < -0.4 is 5.32 Å². The predicted molar refractivity (Wildman–Crippen MR) is 58.6 cm³/mol. The standard InChI is InChI=1S/C11H14N4O/c1-8-11(9(2)16-15-8)6-13-5-10-3-4-12-7-14-10/h3-4,7,13H,5-6H2,1-2H3. The molecule has 16 heavy (non-hydrogen) atoms. The molecular formula is C11H14N4O. The SMILES string of the molecule is Cc1noc(C)c1CNCc1ccncn1. The Kier molecular flexibility index (Phi) is 3.26. The highest BCUT2D eigenvalue weighted by Crippen LogP contribution is 2.11. The summed E-state index contributed by atoms with van der Waals surface area (Å²) in [7, 11) is 0. The predicted octanol–water partition coefficient (Wildman–Crippen LogP) is 1.37. The molecule has 5 heteroatoms. The first kappa shape index (κ1) is 10.8. The minimum Gasteiger partial charge on any atom is -0.361 e. The van der Waals surface area contributed by atoms with Gasteiger partial charge in [0.05, 0.1) is 11.4 Å². The van der Waals surface area contributed by atoms with Gasteiger partial charge in [-0.15, -0.1) is 0 Å². The van der Waals surface area contributed by atoms with Crippen LogP contribution in [0.25, 0.3) is 0 Å². The van der Waals surface area contributed by atoms with Gasteiger partial charge < -0.3 is 9.84 Å². The summed E-state index contributed by atoms with van der Waals surface area (Å²) in [5.74, 6) is 0.868. The van der Waals surface area contributed by atoms with Gasteiger partial charge in [-0.3, -0.25) is 0 Å². The van der Waals surface area contributed by atoms with Gasteiger partial charge in [-0.2, -0.15) is 0 Å². The molecule has 0 aliphatic rings. The summed E-state index contributed by atoms with van der Waals surface area (Å²) in [5, 5.41) is 7.20. The van der Waals surface area contributed by atoms with Crippen molar-refractivity contribution in [3.63, 3.8) is 0 Å². The maximum atomic E-state index is 5.08. The molecule has 0 saturated heterocycles. The van der Waals surface area contributed by atoms with E-state index >= 15 is 0 Å². The molecule has 0 aliphatic heterocycles. The van der Waals surface area contributed by atoms with Crippen LogP contribution >= 0.6 is 0 Å². The Morgan fingerprint density at radius 3 is 2.81 bits per heavy atom. The molecule has 2 heterocycles. The molecule has 0 saturated carbocycles. The van der Waals surface area contributed by atoms with Crippen LogP contribution in [0.1, 0.15) is 22.7 Å². The van der Waals surface area contributed by atoms with E-state index in [1.807, 2.05) is 19.9 Å². The third-order valence-electron chi connectivity index (χ3n) is 2.43. The number of nitrogens with zero attached hydrogens (tertiary/aromatic N) is 3. The van der Waals surface area contributed by atoms with Gasteiger partial charge in [0, 0.05) is 24.8 Å². The lowest BCUT2D eigenvalue weighted by atomic mass is 10.2. The van der Waals surface area contributed by atoms with Crippen molar-refractivity contribution in [2.75, 3.05) is 0 Å². The first-order valence-corrected chi connectivity index (χ1v) is 5.14. The molecule has 0 unspecified atom stereocenters. The summed E-state index contributed by atoms with van der Waals surface area (Å²) in [4.78, 5) is 8.00. The van der Waals surface area contributed by atoms with Crippen molar-refractivity contribution in [1.29, 1.82) is 0 Å². The van der Waals surface area contributed by atoms with Crippen LogP contribution in [-0.4, -0.2) is 15.1 Å². The van der Waals surface area contributed by atoms with Crippen LogP contribution in [0.5, 0.6) is 0 Å². The molecule has 0 atom stereocenters. The minimum absolute atomic E-state index is 0.715. The zero-order chi connectivity index (χ0) is 11.4. The Morgan fingerprint density at radius 2 is 2.19 bits per heavy atom. The van der Waals surface area contributed by atoms with Crippen LogP contribution in [-0.2, 0) is 13.1 Å². The summed E-state index contributed by atoms with van der Waals surface area (Å²) >= 11 is 0. The highest BCUT2D eigenvalue weighted by atomic mass is 16.5. The van der Waals surface area contributed by atoms with Crippen molar-refractivity contribution in [1.82, 2.24) is 20.4 Å². The number of aryl methyl sites for hydroxylation is 2. The molecule has 0 amide bonds. The summed E-state index contributed by atoms with van der Waals surface area (Å²) in [6.07, 6.45) is 3.28. The Morgan fingerprint density at radius 1 is 1.31 bits per heavy atom. The van der Waals surface area contributed by atoms with Crippen molar-refractivity contribution in [3.05, 3.63) is 41.3 Å². The average molecular weight is 218 g/mol. The molecule has 0 radical (unpaired) electrons. The number of rotatable bonds is 4. The molecule has 2 aromatic heterocycles. The van der Waals surface area contributed by atoms with Gasteiger partial charge in [0.15, 0.2) is 0 Å². The van der Waals surface area contributed by atoms with Crippen LogP contribution in [0.4, 0.5) is 0 Å². The van der Waals surface area contributed by atoms with E-state index in [4.69, 9.17) is 4.52 Å². The summed E-state index contributed by atoms with van der Waals surface area (Å²) in [6.45, 7) is 5.32. The first-order valence-electron chi connectivity index (χ1n) is 5.14. The Bertz CT molecular complexity index is 433. The van der Waals surface area contributed by atoms with E-state index in [2.05, 4.69) is 20.4 Å². The normalized spacial score (nSPS) is 10.6. The van der Waals surface area contributed by atoms with Crippen molar-refractivity contribution in [2.45, 2.75) is 26.9 Å². The van der Waals surface area contributed by atoms with Crippen LogP contribution in [0, 0.1) is 13.8 Å². The van der Waals surface area contributed by atoms with Gasteiger partial charge in [-0.25, -0.2) is 9.97 Å². The first-order chi connectivity index (χ1) is 7.77. The van der Waals surface area contributed by atoms with Crippen LogP contribution in [0.15, 0.2) is 23.1 Å². The zero-order valence-electron chi connectivity index (χ0n) is 9.40. The van der Waals surface area contributed by atoms with Crippen molar-refractivity contribution in [2.24, 2.45) is 0 Å². The van der Waals surface area contributed by atoms with Crippen molar-refractivity contribution >= 4 is 0 Å². The molecular weight excluding hydrogens is 204 g/mol. The maximum absolute atomic E-state index is 5.08. The smallest absolute Gasteiger partial charge is 0.138 e. The molecule has 0 fully saturated rings. The van der Waals surface area contributed by atoms with Gasteiger partial charge in [0.25, 0.3) is 0 Å². The fourth-order valence-electron chi connectivity index (χ4n) is 1.49. The van der Waals surface area contributed by atoms with E-state index in [-0.39, 0.29) is 0 Å². The molecule has 0 spiro atoms. The van der Waals surface area contributed by atoms with Gasteiger partial charge in [-0.1, -0.05) is 5.16 Å². The molecule has 1 N–H and O–H groups in total. The second kappa shape index (κ2) is 4.85. The minimum atomic E-state index is 0.715. The van der Waals surface area contributed by atoms with Gasteiger partial charge in [-0.05, 0) is 19.9 Å². The van der Waals surface area contributed by atoms with Gasteiger partial charge >= 0.3 is 0 Å². The maximum Gasteiger partial charge on any atom is 0.138 e. The largest absolute Gasteiger partial charge is 0.361 e. The van der Waals surface area contributed by atoms with Crippen molar-refractivity contribution < 1.29 is 4.52 Å². The van der Waals surface area contributed by atoms with E-state index in [9.17, 15) is 0 Å². The van der Waals surface area contributed by atoms with E-state index < -0.39 is 0 Å². The molecule has 0 aromatic carbocycles. The lowest BCUT2D eigenvalue weighted by Gasteiger charge is -2.03. The molecule has 5 nitrogen and oxygen atoms in total. The van der Waals surface area contributed by atoms with Crippen LogP contribution in [0.2, 0.25) is 0 Å². The fraction of sp³-hybridized carbons (Fsp3) is 0.364. The average Bonchev–Trinajstić information content (AvgIpc) is 2.62. The van der Waals surface area contributed by atoms with E-state index in [1.54, 1.807) is 12.5 Å². The molecule has 0 aliphatic carbocycles. The third kappa shape index (κ3) is 2.43. The topological polar surface area (TPSA) is 63.8 Å². The fourth-order valence-corrected chi connectivity index (χ4v) is 1.49. The Hall–Kier alpha value is -1.75. The lowest BCUT2D eigenvalue weighted by Crippen LogP contribution is -2.14. The number of hydrogen-bond donors (Lipinski definition) is 1. The Labute approximate surface area is 93.9 Å². The third-order valence-corrected chi connectivity index (χ3v) is 2.43. The second-order valence-corrected chi connectivity index (χ2v) is 3.61. The highest BCUT2D eigenvalue weighted by Gasteiger charge is 2.07. The number of hydrogen-bond acceptors (Lipinski definition) is 5. The van der Waals surface area contributed by atoms with E-state index in [1.165, 1.54) is 0 Å². The van der Waals surface area contributed by atoms with Crippen molar-refractivity contribution in [3.8, 4) is 0 Å². The van der Waals surface area contributed by atoms with Gasteiger partial charge in [0.1, 0.15) is 12.1 Å². The number of nitrogens with one attached hydrogen (secondary N) is 1. The molecule has 0 bridgehead atoms. The monoisotopic (exact) mass is 218 g/mol. The zero-order valence-corrected chi connectivity index (χ0v) is 9.40. The van der Waals surface area contributed by atoms with Gasteiger partial charge in [0.2, 0.25) is 0 Å². The van der Waals surface area contributed by atoms with Crippen LogP contribution in [0.3, 0.4) is 0 Å². The number of aromatic nitrogens is 3. The van der Waals surface area contributed by atoms with E-state index in [0.29, 0.717) is 6.54 Å². The Balaban J connectivity index is 1.89. The summed E-state index contributed by atoms with van der Waals surface area (Å²) in [6, 6.07) is 1.89. The second-order valence-electron chi connectivity index (χ2n) is 3.61. The highest BCUT2D eigenvalue weighted by molar-refractivity contribution is 5.20.